The van der Waals surface area contributed by atoms with Crippen molar-refractivity contribution in [3.05, 3.63) is 35.0 Å². The molecule has 1 nitrogen and oxygen atoms in total. The summed E-state index contributed by atoms with van der Waals surface area (Å²) in [6, 6.07) is 9.06. The van der Waals surface area contributed by atoms with Crippen molar-refractivity contribution in [1.82, 2.24) is 0 Å². The van der Waals surface area contributed by atoms with Crippen LogP contribution in [-0.2, 0) is 0 Å². The number of fused-ring (bicyclic) bond motifs is 2. The minimum Gasteiger partial charge on any atom is -0.495 e. The van der Waals surface area contributed by atoms with Gasteiger partial charge in [0.15, 0.2) is 0 Å². The van der Waals surface area contributed by atoms with Crippen LogP contribution in [0.5, 0.6) is 5.75 Å². The second kappa shape index (κ2) is 8.34. The molecule has 0 radical (unpaired) electrons. The molecule has 0 aliphatic rings. The van der Waals surface area contributed by atoms with Crippen molar-refractivity contribution in [3.63, 3.8) is 0 Å². The van der Waals surface area contributed by atoms with Gasteiger partial charge in [-0.25, -0.2) is 0 Å². The molecule has 26 heavy (non-hydrogen) atoms. The summed E-state index contributed by atoms with van der Waals surface area (Å²) < 4.78 is 8.39. The summed E-state index contributed by atoms with van der Waals surface area (Å²) in [5, 5.41) is 7.09. The number of benzene rings is 1. The first kappa shape index (κ1) is 18.4. The highest BCUT2D eigenvalue weighted by Gasteiger charge is 2.19. The van der Waals surface area contributed by atoms with Crippen LogP contribution in [-0.4, -0.2) is 12.9 Å². The van der Waals surface area contributed by atoms with Crippen LogP contribution >= 0.6 is 45.8 Å². The zero-order valence-corrected chi connectivity index (χ0v) is 18.3. The molecule has 4 rings (SSSR count). The Balaban J connectivity index is 1.77. The van der Waals surface area contributed by atoms with Crippen LogP contribution in [0.15, 0.2) is 39.9 Å². The van der Waals surface area contributed by atoms with Gasteiger partial charge in [0.2, 0.25) is 0 Å². The molecule has 1 aromatic carbocycles. The van der Waals surface area contributed by atoms with Crippen molar-refractivity contribution in [2.45, 2.75) is 37.5 Å². The summed E-state index contributed by atoms with van der Waals surface area (Å²) in [7, 11) is 1.77. The Bertz CT molecular complexity index is 1010. The number of thioether (sulfide) groups is 1. The molecule has 3 aromatic heterocycles. The Morgan fingerprint density at radius 1 is 0.962 bits per heavy atom. The lowest BCUT2D eigenvalue weighted by Crippen LogP contribution is -1.84. The predicted molar refractivity (Wildman–Crippen MR) is 122 cm³/mol. The van der Waals surface area contributed by atoms with Crippen molar-refractivity contribution in [3.8, 4) is 15.5 Å². The minimum atomic E-state index is 0.996. The van der Waals surface area contributed by atoms with E-state index in [1.165, 1.54) is 66.3 Å². The van der Waals surface area contributed by atoms with E-state index in [-0.39, 0.29) is 0 Å². The normalized spacial score (nSPS) is 11.6. The molecular formula is C21H22OS4. The van der Waals surface area contributed by atoms with Crippen molar-refractivity contribution in [1.29, 1.82) is 0 Å². The number of thiophene rings is 3. The summed E-state index contributed by atoms with van der Waals surface area (Å²) in [5.74, 6) is 2.19. The first-order chi connectivity index (χ1) is 12.8. The Labute approximate surface area is 171 Å². The molecule has 0 bridgehead atoms. The summed E-state index contributed by atoms with van der Waals surface area (Å²) in [4.78, 5) is 4.09. The Kier molecular flexibility index (Phi) is 5.89. The third kappa shape index (κ3) is 3.55. The van der Waals surface area contributed by atoms with Crippen LogP contribution < -0.4 is 4.74 Å². The number of ether oxygens (including phenoxy) is 1. The summed E-state index contributed by atoms with van der Waals surface area (Å²) in [6.45, 7) is 2.27. The van der Waals surface area contributed by atoms with Gasteiger partial charge in [0.05, 0.1) is 16.9 Å². The lowest BCUT2D eigenvalue weighted by molar-refractivity contribution is 0.418. The van der Waals surface area contributed by atoms with Gasteiger partial charge < -0.3 is 4.74 Å². The van der Waals surface area contributed by atoms with Gasteiger partial charge in [0, 0.05) is 19.7 Å². The van der Waals surface area contributed by atoms with Gasteiger partial charge >= 0.3 is 0 Å². The van der Waals surface area contributed by atoms with Crippen LogP contribution in [0.1, 0.15) is 32.6 Å². The van der Waals surface area contributed by atoms with Crippen LogP contribution in [0.4, 0.5) is 0 Å². The molecular weight excluding hydrogens is 396 g/mol. The van der Waals surface area contributed by atoms with Crippen molar-refractivity contribution < 1.29 is 4.74 Å². The lowest BCUT2D eigenvalue weighted by atomic mass is 10.2. The predicted octanol–water partition coefficient (Wildman–Crippen LogP) is 8.53. The lowest BCUT2D eigenvalue weighted by Gasteiger charge is -2.06. The van der Waals surface area contributed by atoms with Gasteiger partial charge in [-0.15, -0.1) is 45.8 Å². The smallest absolute Gasteiger partial charge is 0.138 e. The van der Waals surface area contributed by atoms with Crippen molar-refractivity contribution in [2.24, 2.45) is 0 Å². The number of unbranched alkanes of at least 4 members (excludes halogenated alkanes) is 3. The molecule has 136 valence electrons. The third-order valence-corrected chi connectivity index (χ3v) is 8.94. The molecule has 0 saturated heterocycles. The van der Waals surface area contributed by atoms with E-state index in [0.717, 1.165) is 5.75 Å². The summed E-state index contributed by atoms with van der Waals surface area (Å²) in [5.41, 5.74) is 0. The van der Waals surface area contributed by atoms with Crippen molar-refractivity contribution in [2.75, 3.05) is 12.9 Å². The topological polar surface area (TPSA) is 9.23 Å². The molecule has 0 unspecified atom stereocenters. The Hall–Kier alpha value is -1.01. The maximum absolute atomic E-state index is 5.62. The molecule has 0 aliphatic heterocycles. The fourth-order valence-electron chi connectivity index (χ4n) is 3.15. The van der Waals surface area contributed by atoms with Gasteiger partial charge in [-0.2, -0.15) is 0 Å². The minimum absolute atomic E-state index is 0.996. The van der Waals surface area contributed by atoms with E-state index >= 15 is 0 Å². The van der Waals surface area contributed by atoms with E-state index in [4.69, 9.17) is 4.74 Å². The maximum atomic E-state index is 5.62. The first-order valence-electron chi connectivity index (χ1n) is 9.00. The number of methoxy groups -OCH3 is 1. The highest BCUT2D eigenvalue weighted by molar-refractivity contribution is 7.99. The van der Waals surface area contributed by atoms with Gasteiger partial charge in [-0.1, -0.05) is 26.2 Å². The average molecular weight is 419 g/mol. The highest BCUT2D eigenvalue weighted by Crippen LogP contribution is 2.50. The van der Waals surface area contributed by atoms with Gasteiger partial charge in [0.1, 0.15) is 5.75 Å². The molecule has 5 heteroatoms. The molecule has 0 aliphatic carbocycles. The largest absolute Gasteiger partial charge is 0.495 e. The van der Waals surface area contributed by atoms with E-state index in [1.807, 2.05) is 34.4 Å². The quantitative estimate of drug-likeness (QED) is 0.209. The van der Waals surface area contributed by atoms with Gasteiger partial charge in [0.25, 0.3) is 0 Å². The standard InChI is InChI=1S/C21H22OS4/c1-3-4-5-6-9-24-19-15-13-17-14(7-10-23-17)12-18(15)26-21(19)20-16(22-2)8-11-25-20/h7-8,10-13H,3-6,9H2,1-2H3. The molecule has 0 fully saturated rings. The molecule has 0 atom stereocenters. The molecule has 0 saturated carbocycles. The SMILES string of the molecule is CCCCCCSc1c(-c2sccc2OC)sc2cc3ccsc3cc12. The van der Waals surface area contributed by atoms with E-state index in [0.29, 0.717) is 0 Å². The second-order valence-corrected chi connectivity index (χ2v) is 10.3. The maximum Gasteiger partial charge on any atom is 0.138 e. The monoisotopic (exact) mass is 418 g/mol. The molecule has 4 aromatic rings. The average Bonchev–Trinajstić information content (AvgIpc) is 3.37. The molecule has 0 N–H and O–H groups in total. The van der Waals surface area contributed by atoms with Gasteiger partial charge in [-0.05, 0) is 52.6 Å². The number of rotatable bonds is 8. The first-order valence-corrected chi connectivity index (χ1v) is 12.6. The van der Waals surface area contributed by atoms with Crippen LogP contribution in [0, 0.1) is 0 Å². The van der Waals surface area contributed by atoms with E-state index in [2.05, 4.69) is 41.9 Å². The highest BCUT2D eigenvalue weighted by atomic mass is 32.2. The summed E-state index contributed by atoms with van der Waals surface area (Å²) in [6.07, 6.45) is 5.25. The summed E-state index contributed by atoms with van der Waals surface area (Å²) >= 11 is 7.56. The van der Waals surface area contributed by atoms with E-state index in [1.54, 1.807) is 18.4 Å². The van der Waals surface area contributed by atoms with E-state index < -0.39 is 0 Å². The van der Waals surface area contributed by atoms with Gasteiger partial charge in [-0.3, -0.25) is 0 Å². The number of hydrogen-bond donors (Lipinski definition) is 0. The van der Waals surface area contributed by atoms with E-state index in [9.17, 15) is 0 Å². The molecule has 0 spiro atoms. The zero-order chi connectivity index (χ0) is 17.9. The molecule has 0 amide bonds. The third-order valence-electron chi connectivity index (χ3n) is 4.52. The van der Waals surface area contributed by atoms with Crippen LogP contribution in [0.2, 0.25) is 0 Å². The van der Waals surface area contributed by atoms with Crippen molar-refractivity contribution >= 4 is 65.9 Å². The van der Waals surface area contributed by atoms with Crippen LogP contribution in [0.3, 0.4) is 0 Å². The number of hydrogen-bond acceptors (Lipinski definition) is 5. The van der Waals surface area contributed by atoms with Crippen LogP contribution in [0.25, 0.3) is 29.9 Å². The second-order valence-electron chi connectivity index (χ2n) is 6.29. The Morgan fingerprint density at radius 3 is 2.69 bits per heavy atom. The zero-order valence-electron chi connectivity index (χ0n) is 15.0. The molecule has 3 heterocycles. The fourth-order valence-corrected chi connectivity index (χ4v) is 7.65. The fraction of sp³-hybridized carbons (Fsp3) is 0.333. The Morgan fingerprint density at radius 2 is 1.85 bits per heavy atom.